The third kappa shape index (κ3) is 3.54. The van der Waals surface area contributed by atoms with Gasteiger partial charge in [0.1, 0.15) is 11.5 Å². The van der Waals surface area contributed by atoms with Crippen LogP contribution in [-0.2, 0) is 0 Å². The van der Waals surface area contributed by atoms with Gasteiger partial charge in [0, 0.05) is 20.5 Å². The van der Waals surface area contributed by atoms with E-state index in [0.29, 0.717) is 29.6 Å². The summed E-state index contributed by atoms with van der Waals surface area (Å²) in [6, 6.07) is 2.00. The van der Waals surface area contributed by atoms with Gasteiger partial charge in [0.25, 0.3) is 0 Å². The predicted molar refractivity (Wildman–Crippen MR) is 82.2 cm³/mol. The van der Waals surface area contributed by atoms with Crippen molar-refractivity contribution < 1.29 is 0 Å². The first-order valence-corrected chi connectivity index (χ1v) is 6.39. The number of rotatable bonds is 7. The molecule has 0 aliphatic heterocycles. The lowest BCUT2D eigenvalue weighted by atomic mass is 9.98. The lowest BCUT2D eigenvalue weighted by Crippen LogP contribution is -2.19. The van der Waals surface area contributed by atoms with Crippen LogP contribution in [0.3, 0.4) is 0 Å². The van der Waals surface area contributed by atoms with Crippen LogP contribution >= 0.6 is 0 Å². The number of hydrogen-bond donors (Lipinski definition) is 4. The quantitative estimate of drug-likeness (QED) is 0.346. The van der Waals surface area contributed by atoms with E-state index < -0.39 is 0 Å². The maximum absolute atomic E-state index is 8.12. The summed E-state index contributed by atoms with van der Waals surface area (Å²) >= 11 is 0. The lowest BCUT2D eigenvalue weighted by molar-refractivity contribution is 0.860. The van der Waals surface area contributed by atoms with E-state index in [2.05, 4.69) is 41.6 Å². The minimum atomic E-state index is 0.345. The van der Waals surface area contributed by atoms with Crippen molar-refractivity contribution in [2.24, 2.45) is 0 Å². The molecule has 19 heavy (non-hydrogen) atoms. The summed E-state index contributed by atoms with van der Waals surface area (Å²) in [5.41, 5.74) is 9.03. The average molecular weight is 261 g/mol. The Labute approximate surface area is 115 Å². The van der Waals surface area contributed by atoms with Gasteiger partial charge in [-0.3, -0.25) is 0 Å². The van der Waals surface area contributed by atoms with Crippen LogP contribution in [0.4, 0.5) is 11.5 Å². The van der Waals surface area contributed by atoms with Crippen LogP contribution in [0.25, 0.3) is 0 Å². The highest BCUT2D eigenvalue weighted by Gasteiger charge is 2.16. The molecule has 0 aliphatic rings. The third-order valence-electron chi connectivity index (χ3n) is 2.81. The standard InChI is InChI=1S/C14H23N5/c1-6-7-11(15)14-13(16-4)10(9(2)3)8-12(18-14)19-17-5/h6,8-9,15-17H,1,7H2,2-5H3,(H,18,19). The van der Waals surface area contributed by atoms with E-state index in [1.807, 2.05) is 13.1 Å². The minimum Gasteiger partial charge on any atom is -0.386 e. The van der Waals surface area contributed by atoms with E-state index in [1.54, 1.807) is 13.1 Å². The first-order valence-electron chi connectivity index (χ1n) is 6.39. The molecule has 0 amide bonds. The average Bonchev–Trinajstić information content (AvgIpc) is 2.38. The zero-order chi connectivity index (χ0) is 14.4. The molecule has 0 saturated heterocycles. The van der Waals surface area contributed by atoms with Crippen LogP contribution in [0.5, 0.6) is 0 Å². The van der Waals surface area contributed by atoms with Gasteiger partial charge < -0.3 is 16.2 Å². The number of nitrogens with zero attached hydrogens (tertiary/aromatic N) is 1. The number of nitrogens with one attached hydrogen (secondary N) is 4. The monoisotopic (exact) mass is 261 g/mol. The fourth-order valence-electron chi connectivity index (χ4n) is 1.93. The van der Waals surface area contributed by atoms with E-state index in [9.17, 15) is 0 Å². The van der Waals surface area contributed by atoms with Gasteiger partial charge in [-0.05, 0) is 17.5 Å². The van der Waals surface area contributed by atoms with Gasteiger partial charge >= 0.3 is 0 Å². The largest absolute Gasteiger partial charge is 0.386 e. The van der Waals surface area contributed by atoms with Gasteiger partial charge in [-0.25, -0.2) is 10.4 Å². The van der Waals surface area contributed by atoms with Gasteiger partial charge in [0.05, 0.1) is 11.4 Å². The normalized spacial score (nSPS) is 10.4. The highest BCUT2D eigenvalue weighted by atomic mass is 15.4. The van der Waals surface area contributed by atoms with Crippen molar-refractivity contribution in [3.05, 3.63) is 30.0 Å². The van der Waals surface area contributed by atoms with Crippen LogP contribution in [0, 0.1) is 5.41 Å². The molecule has 0 spiro atoms. The highest BCUT2D eigenvalue weighted by Crippen LogP contribution is 2.29. The smallest absolute Gasteiger partial charge is 0.141 e. The molecular weight excluding hydrogens is 238 g/mol. The van der Waals surface area contributed by atoms with E-state index in [4.69, 9.17) is 5.41 Å². The van der Waals surface area contributed by atoms with Crippen molar-refractivity contribution in [3.8, 4) is 0 Å². The Balaban J connectivity index is 3.39. The zero-order valence-corrected chi connectivity index (χ0v) is 12.1. The Morgan fingerprint density at radius 3 is 2.63 bits per heavy atom. The molecule has 0 atom stereocenters. The Kier molecular flexibility index (Phi) is 5.51. The summed E-state index contributed by atoms with van der Waals surface area (Å²) in [6.07, 6.45) is 2.22. The first-order chi connectivity index (χ1) is 9.04. The SMILES string of the molecule is C=CCC(=N)c1nc(NNC)cc(C(C)C)c1NC. The summed E-state index contributed by atoms with van der Waals surface area (Å²) in [7, 11) is 3.65. The van der Waals surface area contributed by atoms with Crippen molar-refractivity contribution in [2.45, 2.75) is 26.2 Å². The molecule has 0 unspecified atom stereocenters. The van der Waals surface area contributed by atoms with Crippen LogP contribution in [0.15, 0.2) is 18.7 Å². The second-order valence-corrected chi connectivity index (χ2v) is 4.57. The topological polar surface area (TPSA) is 72.8 Å². The van der Waals surface area contributed by atoms with Crippen molar-refractivity contribution >= 4 is 17.2 Å². The van der Waals surface area contributed by atoms with Gasteiger partial charge in [-0.15, -0.1) is 6.58 Å². The minimum absolute atomic E-state index is 0.345. The van der Waals surface area contributed by atoms with Crippen LogP contribution in [0.2, 0.25) is 0 Å². The second-order valence-electron chi connectivity index (χ2n) is 4.57. The Morgan fingerprint density at radius 2 is 2.16 bits per heavy atom. The molecule has 104 valence electrons. The molecule has 0 bridgehead atoms. The molecular formula is C14H23N5. The Bertz CT molecular complexity index is 465. The summed E-state index contributed by atoms with van der Waals surface area (Å²) in [5.74, 6) is 1.06. The Hall–Kier alpha value is -1.88. The molecule has 5 nitrogen and oxygen atoms in total. The van der Waals surface area contributed by atoms with Gasteiger partial charge in [0.2, 0.25) is 0 Å². The molecule has 0 fully saturated rings. The number of hydrazine groups is 1. The van der Waals surface area contributed by atoms with E-state index in [1.165, 1.54) is 0 Å². The first kappa shape index (κ1) is 15.2. The fourth-order valence-corrected chi connectivity index (χ4v) is 1.93. The van der Waals surface area contributed by atoms with Crippen molar-refractivity contribution in [2.75, 3.05) is 24.8 Å². The molecule has 1 heterocycles. The summed E-state index contributed by atoms with van der Waals surface area (Å²) in [5, 5.41) is 11.3. The molecule has 1 aromatic rings. The van der Waals surface area contributed by atoms with Crippen LogP contribution in [0.1, 0.15) is 37.4 Å². The molecule has 0 saturated carbocycles. The van der Waals surface area contributed by atoms with Crippen LogP contribution < -0.4 is 16.2 Å². The number of allylic oxidation sites excluding steroid dienone is 1. The van der Waals surface area contributed by atoms with E-state index >= 15 is 0 Å². The molecule has 0 aromatic carbocycles. The third-order valence-corrected chi connectivity index (χ3v) is 2.81. The molecule has 0 radical (unpaired) electrons. The van der Waals surface area contributed by atoms with Crippen LogP contribution in [-0.4, -0.2) is 24.8 Å². The molecule has 5 heteroatoms. The molecule has 1 aromatic heterocycles. The summed E-state index contributed by atoms with van der Waals surface area (Å²) in [4.78, 5) is 4.49. The maximum atomic E-state index is 8.12. The predicted octanol–water partition coefficient (Wildman–Crippen LogP) is 2.74. The zero-order valence-electron chi connectivity index (χ0n) is 12.1. The molecule has 1 rings (SSSR count). The van der Waals surface area contributed by atoms with E-state index in [0.717, 1.165) is 11.3 Å². The lowest BCUT2D eigenvalue weighted by Gasteiger charge is -2.18. The van der Waals surface area contributed by atoms with Crippen molar-refractivity contribution in [3.63, 3.8) is 0 Å². The van der Waals surface area contributed by atoms with Crippen molar-refractivity contribution in [1.29, 1.82) is 5.41 Å². The molecule has 0 aliphatic carbocycles. The Morgan fingerprint density at radius 1 is 1.47 bits per heavy atom. The number of anilines is 2. The second kappa shape index (κ2) is 6.89. The fraction of sp³-hybridized carbons (Fsp3) is 0.429. The van der Waals surface area contributed by atoms with Gasteiger partial charge in [0.15, 0.2) is 0 Å². The van der Waals surface area contributed by atoms with E-state index in [-0.39, 0.29) is 0 Å². The van der Waals surface area contributed by atoms with Gasteiger partial charge in [-0.2, -0.15) is 0 Å². The number of hydrogen-bond acceptors (Lipinski definition) is 5. The van der Waals surface area contributed by atoms with Gasteiger partial charge in [-0.1, -0.05) is 19.9 Å². The number of pyridine rings is 1. The summed E-state index contributed by atoms with van der Waals surface area (Å²) < 4.78 is 0. The van der Waals surface area contributed by atoms with Crippen molar-refractivity contribution in [1.82, 2.24) is 10.4 Å². The molecule has 4 N–H and O–H groups in total. The summed E-state index contributed by atoms with van der Waals surface area (Å²) in [6.45, 7) is 7.93. The maximum Gasteiger partial charge on any atom is 0.141 e. The highest BCUT2D eigenvalue weighted by molar-refractivity contribution is 6.03. The number of aromatic nitrogens is 1.